The summed E-state index contributed by atoms with van der Waals surface area (Å²) in [4.78, 5) is 15.2. The van der Waals surface area contributed by atoms with Crippen LogP contribution in [0.15, 0.2) is 35.3 Å². The van der Waals surface area contributed by atoms with Gasteiger partial charge < -0.3 is 5.73 Å². The molecule has 0 saturated heterocycles. The molecule has 2 N–H and O–H groups in total. The number of aromatic nitrogens is 2. The van der Waals surface area contributed by atoms with Gasteiger partial charge in [-0.2, -0.15) is 0 Å². The summed E-state index contributed by atoms with van der Waals surface area (Å²) < 4.78 is 1.44. The predicted octanol–water partition coefficient (Wildman–Crippen LogP) is 0.277. The van der Waals surface area contributed by atoms with Crippen LogP contribution < -0.4 is 11.3 Å². The van der Waals surface area contributed by atoms with Gasteiger partial charge in [-0.15, -0.1) is 0 Å². The van der Waals surface area contributed by atoms with Crippen LogP contribution in [-0.2, 0) is 0 Å². The molecular formula is C8H7N3O. The highest BCUT2D eigenvalue weighted by Gasteiger charge is 1.96. The molecule has 2 aromatic rings. The normalized spacial score (nSPS) is 10.3. The van der Waals surface area contributed by atoms with E-state index in [1.165, 1.54) is 10.5 Å². The van der Waals surface area contributed by atoms with E-state index >= 15 is 0 Å². The summed E-state index contributed by atoms with van der Waals surface area (Å²) in [5, 5.41) is 0. The molecule has 0 aliphatic carbocycles. The number of nitrogens with zero attached hydrogens (tertiary/aromatic N) is 2. The van der Waals surface area contributed by atoms with Crippen LogP contribution in [0.3, 0.4) is 0 Å². The third kappa shape index (κ3) is 0.934. The average molecular weight is 161 g/mol. The van der Waals surface area contributed by atoms with Crippen molar-refractivity contribution < 1.29 is 0 Å². The van der Waals surface area contributed by atoms with Crippen molar-refractivity contribution in [1.82, 2.24) is 9.38 Å². The SMILES string of the molecule is Nc1cc(=O)n2ccccc2n1. The maximum atomic E-state index is 11.2. The van der Waals surface area contributed by atoms with Crippen LogP contribution in [0.2, 0.25) is 0 Å². The zero-order valence-corrected chi connectivity index (χ0v) is 6.27. The molecule has 0 aromatic carbocycles. The second kappa shape index (κ2) is 2.34. The molecule has 0 radical (unpaired) electrons. The number of fused-ring (bicyclic) bond motifs is 1. The fraction of sp³-hybridized carbons (Fsp3) is 0. The first-order valence-electron chi connectivity index (χ1n) is 3.51. The Labute approximate surface area is 68.3 Å². The van der Waals surface area contributed by atoms with Crippen LogP contribution in [0, 0.1) is 0 Å². The first kappa shape index (κ1) is 6.84. The van der Waals surface area contributed by atoms with Crippen molar-refractivity contribution in [3.63, 3.8) is 0 Å². The van der Waals surface area contributed by atoms with E-state index in [-0.39, 0.29) is 11.4 Å². The molecule has 2 heterocycles. The molecule has 0 amide bonds. The quantitative estimate of drug-likeness (QED) is 0.603. The first-order chi connectivity index (χ1) is 5.77. The molecular weight excluding hydrogens is 154 g/mol. The summed E-state index contributed by atoms with van der Waals surface area (Å²) in [7, 11) is 0. The Kier molecular flexibility index (Phi) is 1.33. The number of rotatable bonds is 0. The largest absolute Gasteiger partial charge is 0.383 e. The molecule has 4 heteroatoms. The smallest absolute Gasteiger partial charge is 0.259 e. The Balaban J connectivity index is 2.99. The van der Waals surface area contributed by atoms with Crippen molar-refractivity contribution >= 4 is 11.5 Å². The minimum absolute atomic E-state index is 0.155. The third-order valence-corrected chi connectivity index (χ3v) is 1.59. The summed E-state index contributed by atoms with van der Waals surface area (Å²) in [5.74, 6) is 0.256. The van der Waals surface area contributed by atoms with E-state index in [1.54, 1.807) is 24.4 Å². The Bertz CT molecular complexity index is 475. The summed E-state index contributed by atoms with van der Waals surface area (Å²) in [6.07, 6.45) is 1.66. The van der Waals surface area contributed by atoms with E-state index in [0.29, 0.717) is 5.65 Å². The van der Waals surface area contributed by atoms with E-state index in [2.05, 4.69) is 4.98 Å². The van der Waals surface area contributed by atoms with Gasteiger partial charge in [0.1, 0.15) is 11.5 Å². The Morgan fingerprint density at radius 1 is 1.42 bits per heavy atom. The van der Waals surface area contributed by atoms with Gasteiger partial charge in [0.2, 0.25) is 0 Å². The zero-order valence-electron chi connectivity index (χ0n) is 6.27. The molecule has 0 aliphatic rings. The van der Waals surface area contributed by atoms with Gasteiger partial charge in [-0.25, -0.2) is 4.98 Å². The Hall–Kier alpha value is -1.84. The number of pyridine rings is 1. The molecule has 0 fully saturated rings. The maximum Gasteiger partial charge on any atom is 0.259 e. The van der Waals surface area contributed by atoms with Crippen LogP contribution in [-0.4, -0.2) is 9.38 Å². The number of anilines is 1. The second-order valence-electron chi connectivity index (χ2n) is 2.45. The van der Waals surface area contributed by atoms with Crippen molar-refractivity contribution in [3.8, 4) is 0 Å². The number of nitrogens with two attached hydrogens (primary N) is 1. The van der Waals surface area contributed by atoms with Crippen LogP contribution in [0.25, 0.3) is 5.65 Å². The van der Waals surface area contributed by atoms with Crippen molar-refractivity contribution in [2.75, 3.05) is 5.73 Å². The van der Waals surface area contributed by atoms with Gasteiger partial charge in [-0.1, -0.05) is 6.07 Å². The third-order valence-electron chi connectivity index (χ3n) is 1.59. The Morgan fingerprint density at radius 3 is 3.08 bits per heavy atom. The molecule has 4 nitrogen and oxygen atoms in total. The highest BCUT2D eigenvalue weighted by molar-refractivity contribution is 5.43. The molecule has 0 atom stereocenters. The lowest BCUT2D eigenvalue weighted by atomic mass is 10.4. The fourth-order valence-corrected chi connectivity index (χ4v) is 1.07. The van der Waals surface area contributed by atoms with E-state index in [0.717, 1.165) is 0 Å². The highest BCUT2D eigenvalue weighted by atomic mass is 16.1. The standard InChI is InChI=1S/C8H7N3O/c9-6-5-8(12)11-4-2-1-3-7(11)10-6/h1-5H,9H2. The molecule has 0 unspecified atom stereocenters. The second-order valence-corrected chi connectivity index (χ2v) is 2.45. The lowest BCUT2D eigenvalue weighted by molar-refractivity contribution is 1.05. The number of hydrogen-bond donors (Lipinski definition) is 1. The minimum atomic E-state index is -0.155. The maximum absolute atomic E-state index is 11.2. The fourth-order valence-electron chi connectivity index (χ4n) is 1.07. The van der Waals surface area contributed by atoms with Crippen molar-refractivity contribution in [3.05, 3.63) is 40.8 Å². The average Bonchev–Trinajstić information content (AvgIpc) is 2.04. The molecule has 60 valence electrons. The summed E-state index contributed by atoms with van der Waals surface area (Å²) >= 11 is 0. The monoisotopic (exact) mass is 161 g/mol. The molecule has 0 saturated carbocycles. The molecule has 0 bridgehead atoms. The molecule has 2 aromatic heterocycles. The van der Waals surface area contributed by atoms with E-state index in [9.17, 15) is 4.79 Å². The Morgan fingerprint density at radius 2 is 2.25 bits per heavy atom. The van der Waals surface area contributed by atoms with Gasteiger partial charge in [0.15, 0.2) is 0 Å². The van der Waals surface area contributed by atoms with Crippen LogP contribution >= 0.6 is 0 Å². The predicted molar refractivity (Wildman–Crippen MR) is 45.9 cm³/mol. The highest BCUT2D eigenvalue weighted by Crippen LogP contribution is 1.97. The van der Waals surface area contributed by atoms with Gasteiger partial charge in [-0.05, 0) is 12.1 Å². The van der Waals surface area contributed by atoms with Gasteiger partial charge >= 0.3 is 0 Å². The first-order valence-corrected chi connectivity index (χ1v) is 3.51. The van der Waals surface area contributed by atoms with E-state index in [4.69, 9.17) is 5.73 Å². The van der Waals surface area contributed by atoms with Crippen molar-refractivity contribution in [1.29, 1.82) is 0 Å². The van der Waals surface area contributed by atoms with Crippen LogP contribution in [0.4, 0.5) is 5.82 Å². The van der Waals surface area contributed by atoms with Gasteiger partial charge in [0, 0.05) is 12.3 Å². The van der Waals surface area contributed by atoms with Gasteiger partial charge in [0.25, 0.3) is 5.56 Å². The van der Waals surface area contributed by atoms with E-state index < -0.39 is 0 Å². The lowest BCUT2D eigenvalue weighted by Gasteiger charge is -1.98. The lowest BCUT2D eigenvalue weighted by Crippen LogP contribution is -2.14. The van der Waals surface area contributed by atoms with Gasteiger partial charge in [0.05, 0.1) is 0 Å². The van der Waals surface area contributed by atoms with Gasteiger partial charge in [-0.3, -0.25) is 9.20 Å². The van der Waals surface area contributed by atoms with Crippen molar-refractivity contribution in [2.24, 2.45) is 0 Å². The topological polar surface area (TPSA) is 60.4 Å². The zero-order chi connectivity index (χ0) is 8.55. The summed E-state index contributed by atoms with van der Waals surface area (Å²) in [6, 6.07) is 6.61. The number of hydrogen-bond acceptors (Lipinski definition) is 3. The van der Waals surface area contributed by atoms with Crippen LogP contribution in [0.5, 0.6) is 0 Å². The van der Waals surface area contributed by atoms with E-state index in [1.807, 2.05) is 0 Å². The molecule has 0 spiro atoms. The van der Waals surface area contributed by atoms with Crippen molar-refractivity contribution in [2.45, 2.75) is 0 Å². The number of nitrogen functional groups attached to an aromatic ring is 1. The summed E-state index contributed by atoms with van der Waals surface area (Å²) in [6.45, 7) is 0. The molecule has 0 aliphatic heterocycles. The molecule has 12 heavy (non-hydrogen) atoms. The summed E-state index contributed by atoms with van der Waals surface area (Å²) in [5.41, 5.74) is 5.82. The minimum Gasteiger partial charge on any atom is -0.383 e. The van der Waals surface area contributed by atoms with Crippen LogP contribution in [0.1, 0.15) is 0 Å². The molecule has 2 rings (SSSR count).